The van der Waals surface area contributed by atoms with Crippen molar-refractivity contribution in [3.8, 4) is 11.8 Å². The lowest BCUT2D eigenvalue weighted by Gasteiger charge is -2.13. The maximum absolute atomic E-state index is 13.1. The monoisotopic (exact) mass is 396 g/mol. The van der Waals surface area contributed by atoms with E-state index in [1.807, 2.05) is 12.1 Å². The quantitative estimate of drug-likeness (QED) is 0.474. The number of alkyl halides is 3. The predicted molar refractivity (Wildman–Crippen MR) is 104 cm³/mol. The van der Waals surface area contributed by atoms with Gasteiger partial charge in [0.25, 0.3) is 5.91 Å². The van der Waals surface area contributed by atoms with Crippen LogP contribution in [0.3, 0.4) is 0 Å². The van der Waals surface area contributed by atoms with Crippen molar-refractivity contribution in [2.45, 2.75) is 6.18 Å². The van der Waals surface area contributed by atoms with Gasteiger partial charge in [0.1, 0.15) is 17.4 Å². The standard InChI is InChI=1S/C22H15F3N2O2/c1-29-18-9-8-15-10-14(6-7-16(15)12-18)11-17(13-26)21(28)27-20-5-3-2-4-19(20)22(23,24)25/h2-12H,1H3,(H,27,28)/b17-11+. The van der Waals surface area contributed by atoms with Crippen LogP contribution in [-0.2, 0) is 11.0 Å². The molecule has 4 nitrogen and oxygen atoms in total. The smallest absolute Gasteiger partial charge is 0.418 e. The van der Waals surface area contributed by atoms with Crippen LogP contribution >= 0.6 is 0 Å². The molecule has 0 heterocycles. The second-order valence-electron chi connectivity index (χ2n) is 6.14. The van der Waals surface area contributed by atoms with Gasteiger partial charge in [0, 0.05) is 0 Å². The van der Waals surface area contributed by atoms with Crippen molar-refractivity contribution in [3.05, 3.63) is 77.4 Å². The Morgan fingerprint density at radius 1 is 1.07 bits per heavy atom. The zero-order chi connectivity index (χ0) is 21.0. The molecule has 3 aromatic rings. The molecule has 0 aliphatic carbocycles. The highest BCUT2D eigenvalue weighted by Gasteiger charge is 2.33. The lowest BCUT2D eigenvalue weighted by molar-refractivity contribution is -0.137. The van der Waals surface area contributed by atoms with E-state index in [0.29, 0.717) is 11.3 Å². The number of ether oxygens (including phenoxy) is 1. The Morgan fingerprint density at radius 3 is 2.45 bits per heavy atom. The first-order valence-corrected chi connectivity index (χ1v) is 8.49. The summed E-state index contributed by atoms with van der Waals surface area (Å²) in [5, 5.41) is 13.3. The Hall–Kier alpha value is -3.79. The molecule has 0 spiro atoms. The molecule has 7 heteroatoms. The highest BCUT2D eigenvalue weighted by Crippen LogP contribution is 2.34. The van der Waals surface area contributed by atoms with Crippen LogP contribution in [-0.4, -0.2) is 13.0 Å². The fraction of sp³-hybridized carbons (Fsp3) is 0.0909. The third-order valence-corrected chi connectivity index (χ3v) is 4.23. The molecule has 0 saturated carbocycles. The van der Waals surface area contributed by atoms with E-state index in [1.54, 1.807) is 37.4 Å². The molecule has 1 amide bonds. The Kier molecular flexibility index (Phi) is 5.55. The van der Waals surface area contributed by atoms with Gasteiger partial charge in [0.15, 0.2) is 0 Å². The number of hydrogen-bond donors (Lipinski definition) is 1. The molecule has 0 fully saturated rings. The maximum Gasteiger partial charge on any atom is 0.418 e. The summed E-state index contributed by atoms with van der Waals surface area (Å²) in [6.45, 7) is 0. The Morgan fingerprint density at radius 2 is 1.76 bits per heavy atom. The first-order valence-electron chi connectivity index (χ1n) is 8.49. The van der Waals surface area contributed by atoms with Gasteiger partial charge < -0.3 is 10.1 Å². The summed E-state index contributed by atoms with van der Waals surface area (Å²) < 4.78 is 44.4. The summed E-state index contributed by atoms with van der Waals surface area (Å²) in [7, 11) is 1.56. The molecule has 146 valence electrons. The molecule has 0 aliphatic heterocycles. The normalized spacial score (nSPS) is 11.8. The number of carbonyl (C=O) groups is 1. The number of carbonyl (C=O) groups excluding carboxylic acids is 1. The van der Waals surface area contributed by atoms with Gasteiger partial charge in [-0.15, -0.1) is 0 Å². The minimum atomic E-state index is -4.63. The van der Waals surface area contributed by atoms with Gasteiger partial charge >= 0.3 is 6.18 Å². The molecule has 29 heavy (non-hydrogen) atoms. The van der Waals surface area contributed by atoms with Crippen molar-refractivity contribution in [1.29, 1.82) is 5.26 Å². The number of para-hydroxylation sites is 1. The fourth-order valence-electron chi connectivity index (χ4n) is 2.80. The molecule has 3 aromatic carbocycles. The van der Waals surface area contributed by atoms with Crippen LogP contribution in [0.1, 0.15) is 11.1 Å². The average molecular weight is 396 g/mol. The number of fused-ring (bicyclic) bond motifs is 1. The van der Waals surface area contributed by atoms with Crippen molar-refractivity contribution in [2.24, 2.45) is 0 Å². The number of nitrogens with one attached hydrogen (secondary N) is 1. The zero-order valence-corrected chi connectivity index (χ0v) is 15.2. The van der Waals surface area contributed by atoms with E-state index in [1.165, 1.54) is 18.2 Å². The molecule has 0 saturated heterocycles. The molecular formula is C22H15F3N2O2. The van der Waals surface area contributed by atoms with Crippen LogP contribution in [0.15, 0.2) is 66.2 Å². The Bertz CT molecular complexity index is 1140. The topological polar surface area (TPSA) is 62.1 Å². The van der Waals surface area contributed by atoms with Gasteiger partial charge in [-0.2, -0.15) is 18.4 Å². The van der Waals surface area contributed by atoms with Crippen molar-refractivity contribution in [2.75, 3.05) is 12.4 Å². The predicted octanol–water partition coefficient (Wildman–Crippen LogP) is 5.41. The molecule has 0 aromatic heterocycles. The van der Waals surface area contributed by atoms with Gasteiger partial charge in [-0.05, 0) is 52.7 Å². The molecule has 0 radical (unpaired) electrons. The highest BCUT2D eigenvalue weighted by atomic mass is 19.4. The number of benzene rings is 3. The van der Waals surface area contributed by atoms with Crippen LogP contribution in [0, 0.1) is 11.3 Å². The first kappa shape index (κ1) is 20.0. The van der Waals surface area contributed by atoms with E-state index in [0.717, 1.165) is 22.9 Å². The molecule has 3 rings (SSSR count). The molecule has 0 bridgehead atoms. The summed E-state index contributed by atoms with van der Waals surface area (Å²) in [6.07, 6.45) is -3.30. The number of nitriles is 1. The van der Waals surface area contributed by atoms with Crippen molar-refractivity contribution in [3.63, 3.8) is 0 Å². The largest absolute Gasteiger partial charge is 0.497 e. The van der Waals surface area contributed by atoms with Gasteiger partial charge in [0.2, 0.25) is 0 Å². The number of amides is 1. The SMILES string of the molecule is COc1ccc2cc(/C=C(\C#N)C(=O)Nc3ccccc3C(F)(F)F)ccc2c1. The van der Waals surface area contributed by atoms with Crippen LogP contribution in [0.2, 0.25) is 0 Å². The fourth-order valence-corrected chi connectivity index (χ4v) is 2.80. The van der Waals surface area contributed by atoms with E-state index in [2.05, 4.69) is 5.32 Å². The lowest BCUT2D eigenvalue weighted by Crippen LogP contribution is -2.17. The van der Waals surface area contributed by atoms with Crippen LogP contribution in [0.4, 0.5) is 18.9 Å². The van der Waals surface area contributed by atoms with Crippen molar-refractivity contribution in [1.82, 2.24) is 0 Å². The van der Waals surface area contributed by atoms with Gasteiger partial charge in [-0.25, -0.2) is 0 Å². The average Bonchev–Trinajstić information content (AvgIpc) is 2.71. The number of nitrogens with zero attached hydrogens (tertiary/aromatic N) is 1. The molecular weight excluding hydrogens is 381 g/mol. The minimum absolute atomic E-state index is 0.310. The van der Waals surface area contributed by atoms with E-state index in [4.69, 9.17) is 4.74 Å². The zero-order valence-electron chi connectivity index (χ0n) is 15.2. The highest BCUT2D eigenvalue weighted by molar-refractivity contribution is 6.10. The third kappa shape index (κ3) is 4.55. The molecule has 0 atom stereocenters. The summed E-state index contributed by atoms with van der Waals surface area (Å²) in [6, 6.07) is 17.1. The third-order valence-electron chi connectivity index (χ3n) is 4.23. The number of rotatable bonds is 4. The summed E-state index contributed by atoms with van der Waals surface area (Å²) >= 11 is 0. The number of halogens is 3. The van der Waals surface area contributed by atoms with Gasteiger partial charge in [0.05, 0.1) is 18.4 Å². The molecule has 0 aliphatic rings. The van der Waals surface area contributed by atoms with Gasteiger partial charge in [-0.3, -0.25) is 4.79 Å². The van der Waals surface area contributed by atoms with E-state index >= 15 is 0 Å². The summed E-state index contributed by atoms with van der Waals surface area (Å²) in [5.74, 6) is -0.222. The van der Waals surface area contributed by atoms with E-state index in [-0.39, 0.29) is 5.57 Å². The van der Waals surface area contributed by atoms with Crippen LogP contribution < -0.4 is 10.1 Å². The van der Waals surface area contributed by atoms with E-state index in [9.17, 15) is 23.2 Å². The summed E-state index contributed by atoms with van der Waals surface area (Å²) in [4.78, 5) is 12.4. The minimum Gasteiger partial charge on any atom is -0.497 e. The van der Waals surface area contributed by atoms with E-state index < -0.39 is 23.3 Å². The number of hydrogen-bond acceptors (Lipinski definition) is 3. The second-order valence-corrected chi connectivity index (χ2v) is 6.14. The van der Waals surface area contributed by atoms with Crippen LogP contribution in [0.5, 0.6) is 5.75 Å². The molecule has 0 unspecified atom stereocenters. The van der Waals surface area contributed by atoms with Crippen LogP contribution in [0.25, 0.3) is 16.8 Å². The number of anilines is 1. The first-order chi connectivity index (χ1) is 13.8. The lowest BCUT2D eigenvalue weighted by atomic mass is 10.0. The summed E-state index contributed by atoms with van der Waals surface area (Å²) in [5.41, 5.74) is -1.13. The maximum atomic E-state index is 13.1. The number of methoxy groups -OCH3 is 1. The molecule has 1 N–H and O–H groups in total. The van der Waals surface area contributed by atoms with Crippen molar-refractivity contribution < 1.29 is 22.7 Å². The second kappa shape index (κ2) is 8.07. The van der Waals surface area contributed by atoms with Gasteiger partial charge in [-0.1, -0.05) is 30.3 Å². The Labute approximate surface area is 164 Å². The Balaban J connectivity index is 1.90. The van der Waals surface area contributed by atoms with Crippen molar-refractivity contribution >= 4 is 28.4 Å².